The molecule has 0 bridgehead atoms. The Morgan fingerprint density at radius 3 is 2.75 bits per heavy atom. The van der Waals surface area contributed by atoms with Gasteiger partial charge in [0.1, 0.15) is 5.69 Å². The zero-order valence-electron chi connectivity index (χ0n) is 19.8. The van der Waals surface area contributed by atoms with Crippen molar-refractivity contribution in [3.05, 3.63) is 35.5 Å². The van der Waals surface area contributed by atoms with Crippen molar-refractivity contribution in [3.8, 4) is 11.4 Å². The fourth-order valence-corrected chi connectivity index (χ4v) is 5.39. The lowest BCUT2D eigenvalue weighted by molar-refractivity contribution is -0.123. The molecule has 1 fully saturated rings. The summed E-state index contributed by atoms with van der Waals surface area (Å²) in [6.07, 6.45) is 6.93. The van der Waals surface area contributed by atoms with Crippen LogP contribution in [0.3, 0.4) is 0 Å². The highest BCUT2D eigenvalue weighted by Crippen LogP contribution is 2.38. The van der Waals surface area contributed by atoms with Gasteiger partial charge in [0.15, 0.2) is 0 Å². The van der Waals surface area contributed by atoms with Gasteiger partial charge >= 0.3 is 0 Å². The van der Waals surface area contributed by atoms with Crippen molar-refractivity contribution in [3.63, 3.8) is 0 Å². The Labute approximate surface area is 190 Å². The number of nitrogens with one attached hydrogen (secondary N) is 2. The molecule has 3 heterocycles. The zero-order chi connectivity index (χ0) is 22.5. The van der Waals surface area contributed by atoms with Crippen molar-refractivity contribution in [1.29, 1.82) is 0 Å². The first-order valence-corrected chi connectivity index (χ1v) is 12.0. The summed E-state index contributed by atoms with van der Waals surface area (Å²) in [6.45, 7) is 8.73. The molecule has 32 heavy (non-hydrogen) atoms. The molecule has 1 unspecified atom stereocenters. The van der Waals surface area contributed by atoms with Gasteiger partial charge in [0.2, 0.25) is 5.91 Å². The fraction of sp³-hybridized carbons (Fsp3) is 0.538. The summed E-state index contributed by atoms with van der Waals surface area (Å²) in [6, 6.07) is 8.32. The Kier molecular flexibility index (Phi) is 5.36. The molecule has 5 rings (SSSR count). The maximum absolute atomic E-state index is 13.1. The number of nitrogens with zero attached hydrogens (tertiary/aromatic N) is 3. The van der Waals surface area contributed by atoms with Crippen LogP contribution >= 0.6 is 0 Å². The molecule has 1 aliphatic carbocycles. The Morgan fingerprint density at radius 1 is 1.19 bits per heavy atom. The minimum Gasteiger partial charge on any atom is -0.353 e. The van der Waals surface area contributed by atoms with Gasteiger partial charge in [0, 0.05) is 34.9 Å². The molecule has 1 saturated heterocycles. The van der Waals surface area contributed by atoms with Crippen LogP contribution in [0.5, 0.6) is 0 Å². The molecular weight excluding hydrogens is 398 g/mol. The number of carbonyl (C=O) groups excluding carboxylic acids is 1. The highest BCUT2D eigenvalue weighted by atomic mass is 16.2. The number of hydrogen-bond acceptors (Lipinski definition) is 3. The third-order valence-corrected chi connectivity index (χ3v) is 7.53. The van der Waals surface area contributed by atoms with E-state index in [2.05, 4.69) is 52.1 Å². The van der Waals surface area contributed by atoms with E-state index in [1.165, 1.54) is 36.9 Å². The molecule has 2 aliphatic rings. The minimum absolute atomic E-state index is 0.0879. The van der Waals surface area contributed by atoms with Gasteiger partial charge in [-0.05, 0) is 75.7 Å². The molecule has 3 aromatic rings. The Bertz CT molecular complexity index is 1130. The first-order valence-electron chi connectivity index (χ1n) is 12.0. The second-order valence-electron chi connectivity index (χ2n) is 10.5. The van der Waals surface area contributed by atoms with Crippen molar-refractivity contribution in [2.24, 2.45) is 5.41 Å². The van der Waals surface area contributed by atoms with E-state index in [0.29, 0.717) is 5.41 Å². The van der Waals surface area contributed by atoms with Gasteiger partial charge in [0.05, 0.1) is 11.7 Å². The summed E-state index contributed by atoms with van der Waals surface area (Å²) in [5, 5.41) is 9.09. The van der Waals surface area contributed by atoms with Crippen molar-refractivity contribution < 1.29 is 4.79 Å². The summed E-state index contributed by atoms with van der Waals surface area (Å²) in [5.41, 5.74) is 6.99. The Hall–Kier alpha value is -2.60. The van der Waals surface area contributed by atoms with Gasteiger partial charge in [-0.2, -0.15) is 5.10 Å². The van der Waals surface area contributed by atoms with Crippen molar-refractivity contribution in [2.75, 3.05) is 25.0 Å². The quantitative estimate of drug-likeness (QED) is 0.614. The number of carbonyl (C=O) groups is 1. The molecule has 0 radical (unpaired) electrons. The van der Waals surface area contributed by atoms with Crippen molar-refractivity contribution in [1.82, 2.24) is 20.1 Å². The minimum atomic E-state index is -0.0879. The third-order valence-electron chi connectivity index (χ3n) is 7.53. The molecule has 0 saturated carbocycles. The summed E-state index contributed by atoms with van der Waals surface area (Å²) < 4.78 is 0. The van der Waals surface area contributed by atoms with E-state index in [9.17, 15) is 4.79 Å². The number of likely N-dealkylation sites (tertiary alicyclic amines) is 1. The first-order chi connectivity index (χ1) is 15.3. The second kappa shape index (κ2) is 8.07. The number of amides is 1. The van der Waals surface area contributed by atoms with Crippen LogP contribution in [0.2, 0.25) is 0 Å². The van der Waals surface area contributed by atoms with Crippen LogP contribution in [-0.4, -0.2) is 52.2 Å². The SMILES string of the molecule is CC(C(=O)N(C)c1ccc2cc(-c3n[nH]c4c3CCC(C)(C)C4)[nH]c2c1)N1CCCCC1. The number of aromatic nitrogens is 3. The third kappa shape index (κ3) is 3.85. The number of hydrogen-bond donors (Lipinski definition) is 2. The number of rotatable bonds is 4. The van der Waals surface area contributed by atoms with Crippen LogP contribution in [0.15, 0.2) is 24.3 Å². The van der Waals surface area contributed by atoms with E-state index < -0.39 is 0 Å². The van der Waals surface area contributed by atoms with E-state index in [0.717, 1.165) is 53.9 Å². The lowest BCUT2D eigenvalue weighted by Crippen LogP contribution is -2.47. The topological polar surface area (TPSA) is 68.0 Å². The lowest BCUT2D eigenvalue weighted by Gasteiger charge is -2.33. The van der Waals surface area contributed by atoms with Gasteiger partial charge in [-0.15, -0.1) is 0 Å². The van der Waals surface area contributed by atoms with Gasteiger partial charge < -0.3 is 9.88 Å². The lowest BCUT2D eigenvalue weighted by atomic mass is 9.76. The monoisotopic (exact) mass is 433 g/mol. The highest BCUT2D eigenvalue weighted by molar-refractivity contribution is 5.98. The normalized spacial score (nSPS) is 19.6. The molecule has 2 N–H and O–H groups in total. The molecule has 1 atom stereocenters. The molecule has 2 aromatic heterocycles. The smallest absolute Gasteiger partial charge is 0.243 e. The largest absolute Gasteiger partial charge is 0.353 e. The van der Waals surface area contributed by atoms with Gasteiger partial charge in [0.25, 0.3) is 0 Å². The average molecular weight is 434 g/mol. The highest BCUT2D eigenvalue weighted by Gasteiger charge is 2.30. The predicted octanol–water partition coefficient (Wildman–Crippen LogP) is 4.91. The fourth-order valence-electron chi connectivity index (χ4n) is 5.39. The average Bonchev–Trinajstić information content (AvgIpc) is 3.40. The van der Waals surface area contributed by atoms with Gasteiger partial charge in [-0.1, -0.05) is 26.3 Å². The van der Waals surface area contributed by atoms with E-state index in [4.69, 9.17) is 0 Å². The van der Waals surface area contributed by atoms with Crippen molar-refractivity contribution >= 4 is 22.5 Å². The summed E-state index contributed by atoms with van der Waals surface area (Å²) in [5.74, 6) is 0.155. The van der Waals surface area contributed by atoms with Crippen LogP contribution in [0, 0.1) is 5.41 Å². The molecule has 1 aliphatic heterocycles. The summed E-state index contributed by atoms with van der Waals surface area (Å²) >= 11 is 0. The number of likely N-dealkylation sites (N-methyl/N-ethyl adjacent to an activating group) is 1. The van der Waals surface area contributed by atoms with Gasteiger partial charge in [-0.3, -0.25) is 14.8 Å². The number of anilines is 1. The molecule has 6 nitrogen and oxygen atoms in total. The summed E-state index contributed by atoms with van der Waals surface area (Å²) in [4.78, 5) is 20.8. The summed E-state index contributed by atoms with van der Waals surface area (Å²) in [7, 11) is 1.89. The molecule has 170 valence electrons. The van der Waals surface area contributed by atoms with E-state index in [1.807, 2.05) is 20.0 Å². The number of aromatic amines is 2. The van der Waals surface area contributed by atoms with Crippen molar-refractivity contribution in [2.45, 2.75) is 65.3 Å². The van der Waals surface area contributed by atoms with Crippen LogP contribution in [0.25, 0.3) is 22.3 Å². The maximum atomic E-state index is 13.1. The number of H-pyrrole nitrogens is 2. The van der Waals surface area contributed by atoms with E-state index >= 15 is 0 Å². The zero-order valence-corrected chi connectivity index (χ0v) is 19.8. The number of fused-ring (bicyclic) bond motifs is 2. The van der Waals surface area contributed by atoms with E-state index in [-0.39, 0.29) is 11.9 Å². The Balaban J connectivity index is 1.39. The molecule has 6 heteroatoms. The first kappa shape index (κ1) is 21.3. The molecule has 0 spiro atoms. The molecular formula is C26H35N5O. The Morgan fingerprint density at radius 2 is 1.97 bits per heavy atom. The van der Waals surface area contributed by atoms with Crippen LogP contribution in [0.4, 0.5) is 5.69 Å². The van der Waals surface area contributed by atoms with Crippen LogP contribution in [0.1, 0.15) is 57.7 Å². The number of benzene rings is 1. The van der Waals surface area contributed by atoms with Crippen LogP contribution < -0.4 is 4.90 Å². The molecule has 1 amide bonds. The van der Waals surface area contributed by atoms with E-state index in [1.54, 1.807) is 4.90 Å². The van der Waals surface area contributed by atoms with Crippen LogP contribution in [-0.2, 0) is 17.6 Å². The second-order valence-corrected chi connectivity index (χ2v) is 10.5. The van der Waals surface area contributed by atoms with Gasteiger partial charge in [-0.25, -0.2) is 0 Å². The number of piperidine rings is 1. The maximum Gasteiger partial charge on any atom is 0.243 e. The molecule has 1 aromatic carbocycles. The predicted molar refractivity (Wildman–Crippen MR) is 130 cm³/mol. The standard InChI is InChI=1S/C26H35N5O/c1-17(31-12-6-5-7-13-31)25(32)30(4)19-9-8-18-14-22(27-21(18)15-19)24-20-10-11-26(2,3)16-23(20)28-29-24/h8-9,14-15,17,27H,5-7,10-13,16H2,1-4H3,(H,28,29).